The van der Waals surface area contributed by atoms with Gasteiger partial charge < -0.3 is 5.73 Å². The Morgan fingerprint density at radius 3 is 2.64 bits per heavy atom. The van der Waals surface area contributed by atoms with Crippen LogP contribution in [0.1, 0.15) is 34.5 Å². The highest BCUT2D eigenvalue weighted by atomic mass is 35.5. The average Bonchev–Trinajstić information content (AvgIpc) is 2.47. The van der Waals surface area contributed by atoms with E-state index in [0.29, 0.717) is 0 Å². The van der Waals surface area contributed by atoms with E-state index in [-0.39, 0.29) is 34.5 Å². The van der Waals surface area contributed by atoms with Gasteiger partial charge >= 0.3 is 0 Å². The molecule has 6 heteroatoms. The van der Waals surface area contributed by atoms with E-state index in [2.05, 4.69) is 0 Å². The van der Waals surface area contributed by atoms with Crippen LogP contribution in [0.3, 0.4) is 0 Å². The summed E-state index contributed by atoms with van der Waals surface area (Å²) in [5.74, 6) is -0.276. The van der Waals surface area contributed by atoms with Gasteiger partial charge in [0.1, 0.15) is 0 Å². The molecular formula is C16H15ClN2O3. The van der Waals surface area contributed by atoms with E-state index in [4.69, 9.17) is 17.3 Å². The Bertz CT molecular complexity index is 729. The lowest BCUT2D eigenvalue weighted by atomic mass is 9.95. The highest BCUT2D eigenvalue weighted by Gasteiger charge is 2.17. The van der Waals surface area contributed by atoms with Gasteiger partial charge in [-0.05, 0) is 24.1 Å². The number of carbonyl (C=O) groups is 1. The van der Waals surface area contributed by atoms with Gasteiger partial charge in [0, 0.05) is 30.2 Å². The van der Waals surface area contributed by atoms with E-state index < -0.39 is 4.92 Å². The Morgan fingerprint density at radius 2 is 2.00 bits per heavy atom. The number of rotatable bonds is 5. The summed E-state index contributed by atoms with van der Waals surface area (Å²) in [6.45, 7) is 1.84. The zero-order valence-electron chi connectivity index (χ0n) is 12.0. The number of nitrogens with two attached hydrogens (primary N) is 1. The second-order valence-electron chi connectivity index (χ2n) is 5.01. The molecule has 0 saturated carbocycles. The minimum absolute atomic E-state index is 0.0958. The molecule has 0 fully saturated rings. The third-order valence-electron chi connectivity index (χ3n) is 3.36. The van der Waals surface area contributed by atoms with Crippen LogP contribution in [0.2, 0.25) is 5.02 Å². The van der Waals surface area contributed by atoms with Crippen molar-refractivity contribution in [2.24, 2.45) is 5.73 Å². The van der Waals surface area contributed by atoms with Gasteiger partial charge in [0.2, 0.25) is 0 Å². The number of non-ortho nitro benzene ring substituents is 1. The van der Waals surface area contributed by atoms with Gasteiger partial charge in [0.15, 0.2) is 5.78 Å². The van der Waals surface area contributed by atoms with Crippen LogP contribution in [0.4, 0.5) is 5.69 Å². The maximum Gasteiger partial charge on any atom is 0.270 e. The van der Waals surface area contributed by atoms with E-state index in [9.17, 15) is 14.9 Å². The topological polar surface area (TPSA) is 86.2 Å². The first-order valence-corrected chi connectivity index (χ1v) is 7.08. The predicted octanol–water partition coefficient (Wildman–Crippen LogP) is 3.69. The lowest BCUT2D eigenvalue weighted by Crippen LogP contribution is -2.12. The molecule has 1 atom stereocenters. The Labute approximate surface area is 132 Å². The van der Waals surface area contributed by atoms with Crippen molar-refractivity contribution in [3.8, 4) is 0 Å². The number of ketones is 1. The van der Waals surface area contributed by atoms with E-state index in [1.807, 2.05) is 31.2 Å². The largest absolute Gasteiger partial charge is 0.324 e. The van der Waals surface area contributed by atoms with Crippen LogP contribution in [-0.2, 0) is 6.42 Å². The quantitative estimate of drug-likeness (QED) is 0.517. The fourth-order valence-electron chi connectivity index (χ4n) is 2.25. The number of nitro groups is 1. The molecule has 0 aliphatic heterocycles. The molecular weight excluding hydrogens is 304 g/mol. The summed E-state index contributed by atoms with van der Waals surface area (Å²) in [4.78, 5) is 22.7. The smallest absolute Gasteiger partial charge is 0.270 e. The predicted molar refractivity (Wildman–Crippen MR) is 85.2 cm³/mol. The lowest BCUT2D eigenvalue weighted by molar-refractivity contribution is -0.384. The number of nitro benzene ring substituents is 1. The number of nitrogens with zero attached hydrogens (tertiary/aromatic N) is 1. The minimum Gasteiger partial charge on any atom is -0.324 e. The van der Waals surface area contributed by atoms with Crippen molar-refractivity contribution in [3.05, 3.63) is 74.3 Å². The monoisotopic (exact) mass is 318 g/mol. The molecule has 0 bridgehead atoms. The van der Waals surface area contributed by atoms with Crippen molar-refractivity contribution in [2.45, 2.75) is 19.4 Å². The van der Waals surface area contributed by atoms with Crippen LogP contribution in [0.25, 0.3) is 0 Å². The van der Waals surface area contributed by atoms with Gasteiger partial charge in [-0.1, -0.05) is 35.9 Å². The molecule has 0 spiro atoms. The Morgan fingerprint density at radius 1 is 1.32 bits per heavy atom. The van der Waals surface area contributed by atoms with Gasteiger partial charge in [-0.15, -0.1) is 0 Å². The third-order valence-corrected chi connectivity index (χ3v) is 3.69. The SMILES string of the molecule is CC(N)c1ccccc1CC(=O)c1cc([N+](=O)[O-])ccc1Cl. The Kier molecular flexibility index (Phi) is 4.90. The van der Waals surface area contributed by atoms with Gasteiger partial charge in [-0.2, -0.15) is 0 Å². The normalized spacial score (nSPS) is 12.0. The van der Waals surface area contributed by atoms with Gasteiger partial charge in [-0.3, -0.25) is 14.9 Å². The number of carbonyl (C=O) groups excluding carboxylic acids is 1. The van der Waals surface area contributed by atoms with Crippen LogP contribution >= 0.6 is 11.6 Å². The molecule has 5 nitrogen and oxygen atoms in total. The van der Waals surface area contributed by atoms with Crippen molar-refractivity contribution in [1.82, 2.24) is 0 Å². The maximum atomic E-state index is 12.4. The number of Topliss-reactive ketones (excluding diaryl/α,β-unsaturated/α-hetero) is 1. The zero-order chi connectivity index (χ0) is 16.3. The molecule has 2 N–H and O–H groups in total. The fourth-order valence-corrected chi connectivity index (χ4v) is 2.47. The Hall–Kier alpha value is -2.24. The van der Waals surface area contributed by atoms with E-state index >= 15 is 0 Å². The zero-order valence-corrected chi connectivity index (χ0v) is 12.7. The third kappa shape index (κ3) is 3.50. The van der Waals surface area contributed by atoms with Crippen LogP contribution in [0.5, 0.6) is 0 Å². The van der Waals surface area contributed by atoms with Crippen molar-refractivity contribution in [3.63, 3.8) is 0 Å². The highest BCUT2D eigenvalue weighted by Crippen LogP contribution is 2.25. The van der Waals surface area contributed by atoms with E-state index in [1.54, 1.807) is 0 Å². The van der Waals surface area contributed by atoms with E-state index in [1.165, 1.54) is 18.2 Å². The summed E-state index contributed by atoms with van der Waals surface area (Å²) in [6.07, 6.45) is 0.0958. The van der Waals surface area contributed by atoms with Crippen LogP contribution in [0, 0.1) is 10.1 Å². The molecule has 0 aliphatic rings. The van der Waals surface area contributed by atoms with Crippen molar-refractivity contribution < 1.29 is 9.72 Å². The van der Waals surface area contributed by atoms with E-state index in [0.717, 1.165) is 11.1 Å². The summed E-state index contributed by atoms with van der Waals surface area (Å²) in [5.41, 5.74) is 7.55. The Balaban J connectivity index is 2.34. The number of benzene rings is 2. The first-order chi connectivity index (χ1) is 10.4. The summed E-state index contributed by atoms with van der Waals surface area (Å²) < 4.78 is 0. The van der Waals surface area contributed by atoms with Gasteiger partial charge in [-0.25, -0.2) is 0 Å². The molecule has 2 aromatic rings. The number of halogens is 1. The second kappa shape index (κ2) is 6.68. The summed E-state index contributed by atoms with van der Waals surface area (Å²) in [7, 11) is 0. The molecule has 0 amide bonds. The van der Waals surface area contributed by atoms with Crippen LogP contribution in [-0.4, -0.2) is 10.7 Å². The summed E-state index contributed by atoms with van der Waals surface area (Å²) in [5, 5.41) is 11.0. The molecule has 0 radical (unpaired) electrons. The highest BCUT2D eigenvalue weighted by molar-refractivity contribution is 6.34. The molecule has 0 heterocycles. The number of hydrogen-bond acceptors (Lipinski definition) is 4. The maximum absolute atomic E-state index is 12.4. The summed E-state index contributed by atoms with van der Waals surface area (Å²) >= 11 is 6.00. The van der Waals surface area contributed by atoms with Crippen LogP contribution < -0.4 is 5.73 Å². The molecule has 1 unspecified atom stereocenters. The van der Waals surface area contributed by atoms with Crippen molar-refractivity contribution in [2.75, 3.05) is 0 Å². The fraction of sp³-hybridized carbons (Fsp3) is 0.188. The molecule has 2 rings (SSSR count). The first-order valence-electron chi connectivity index (χ1n) is 6.70. The molecule has 22 heavy (non-hydrogen) atoms. The van der Waals surface area contributed by atoms with Crippen molar-refractivity contribution >= 4 is 23.1 Å². The second-order valence-corrected chi connectivity index (χ2v) is 5.42. The molecule has 2 aromatic carbocycles. The van der Waals surface area contributed by atoms with Crippen molar-refractivity contribution in [1.29, 1.82) is 0 Å². The first kappa shape index (κ1) is 16.1. The van der Waals surface area contributed by atoms with Crippen LogP contribution in [0.15, 0.2) is 42.5 Å². The minimum atomic E-state index is -0.553. The van der Waals surface area contributed by atoms with Gasteiger partial charge in [0.05, 0.1) is 9.95 Å². The molecule has 0 aliphatic carbocycles. The average molecular weight is 319 g/mol. The lowest BCUT2D eigenvalue weighted by Gasteiger charge is -2.12. The molecule has 0 saturated heterocycles. The van der Waals surface area contributed by atoms with Gasteiger partial charge in [0.25, 0.3) is 5.69 Å². The standard InChI is InChI=1S/C16H15ClN2O3/c1-10(18)13-5-3-2-4-11(13)8-16(20)14-9-12(19(21)22)6-7-15(14)17/h2-7,9-10H,8,18H2,1H3. The number of hydrogen-bond donors (Lipinski definition) is 1. The molecule has 114 valence electrons. The molecule has 0 aromatic heterocycles. The summed E-state index contributed by atoms with van der Waals surface area (Å²) in [6, 6.07) is 11.0.